The van der Waals surface area contributed by atoms with E-state index in [0.717, 1.165) is 5.92 Å². The van der Waals surface area contributed by atoms with Gasteiger partial charge in [-0.25, -0.2) is 0 Å². The van der Waals surface area contributed by atoms with E-state index < -0.39 is 0 Å². The minimum atomic E-state index is 0.649. The van der Waals surface area contributed by atoms with E-state index in [1.165, 1.54) is 30.4 Å². The van der Waals surface area contributed by atoms with Gasteiger partial charge < -0.3 is 0 Å². The Morgan fingerprint density at radius 1 is 1.18 bits per heavy atom. The van der Waals surface area contributed by atoms with Gasteiger partial charge in [0, 0.05) is 5.92 Å². The second-order valence-electron chi connectivity index (χ2n) is 5.51. The van der Waals surface area contributed by atoms with Crippen molar-refractivity contribution in [1.82, 2.24) is 0 Å². The topological polar surface area (TPSA) is 0 Å². The lowest BCUT2D eigenvalue weighted by Crippen LogP contribution is -2.14. The molecule has 0 heterocycles. The molecule has 0 nitrogen and oxygen atoms in total. The molecule has 1 aromatic carbocycles. The van der Waals surface area contributed by atoms with Crippen LogP contribution in [0, 0.1) is 11.8 Å². The summed E-state index contributed by atoms with van der Waals surface area (Å²) < 4.78 is 0. The van der Waals surface area contributed by atoms with Crippen LogP contribution in [-0.2, 0) is 6.42 Å². The molecule has 0 radical (unpaired) electrons. The highest BCUT2D eigenvalue weighted by atomic mass is 14.3. The van der Waals surface area contributed by atoms with Crippen molar-refractivity contribution in [2.24, 2.45) is 11.8 Å². The molecule has 0 saturated heterocycles. The monoisotopic (exact) mass is 224 g/mol. The molecule has 1 aromatic rings. The zero-order chi connectivity index (χ0) is 11.8. The average Bonchev–Trinajstić information content (AvgIpc) is 2.69. The summed E-state index contributed by atoms with van der Waals surface area (Å²) in [5, 5.41) is 0. The lowest BCUT2D eigenvalue weighted by Gasteiger charge is -2.27. The van der Waals surface area contributed by atoms with E-state index in [2.05, 4.69) is 50.3 Å². The van der Waals surface area contributed by atoms with Crippen LogP contribution in [0.2, 0.25) is 0 Å². The van der Waals surface area contributed by atoms with Crippen LogP contribution in [-0.4, -0.2) is 0 Å². The van der Waals surface area contributed by atoms with Crippen molar-refractivity contribution in [1.29, 1.82) is 0 Å². The second-order valence-corrected chi connectivity index (χ2v) is 5.51. The highest BCUT2D eigenvalue weighted by molar-refractivity contribution is 5.78. The highest BCUT2D eigenvalue weighted by Crippen LogP contribution is 2.42. The van der Waals surface area contributed by atoms with Crippen LogP contribution >= 0.6 is 0 Å². The fraction of sp³-hybridized carbons (Fsp3) is 0.412. The SMILES string of the molecule is CC1=C2c3ccccc3CCCC(C)C2C=C1. The van der Waals surface area contributed by atoms with Gasteiger partial charge in [-0.1, -0.05) is 43.3 Å². The molecule has 0 fully saturated rings. The predicted molar refractivity (Wildman–Crippen MR) is 73.8 cm³/mol. The Bertz CT molecular complexity index is 491. The molecule has 2 atom stereocenters. The van der Waals surface area contributed by atoms with Gasteiger partial charge in [0.1, 0.15) is 0 Å². The summed E-state index contributed by atoms with van der Waals surface area (Å²) in [5.41, 5.74) is 6.11. The molecule has 2 unspecified atom stereocenters. The smallest absolute Gasteiger partial charge is 0.00555 e. The van der Waals surface area contributed by atoms with Gasteiger partial charge in [0.2, 0.25) is 0 Å². The maximum Gasteiger partial charge on any atom is 0.00555 e. The Labute approximate surface area is 104 Å². The summed E-state index contributed by atoms with van der Waals surface area (Å²) in [5.74, 6) is 1.43. The van der Waals surface area contributed by atoms with Crippen molar-refractivity contribution in [2.75, 3.05) is 0 Å². The second kappa shape index (κ2) is 4.18. The van der Waals surface area contributed by atoms with E-state index in [9.17, 15) is 0 Å². The molecule has 0 saturated carbocycles. The summed E-state index contributed by atoms with van der Waals surface area (Å²) in [4.78, 5) is 0. The molecule has 2 aliphatic carbocycles. The van der Waals surface area contributed by atoms with Crippen LogP contribution in [0.5, 0.6) is 0 Å². The van der Waals surface area contributed by atoms with Crippen molar-refractivity contribution in [2.45, 2.75) is 33.1 Å². The zero-order valence-electron chi connectivity index (χ0n) is 10.7. The summed E-state index contributed by atoms with van der Waals surface area (Å²) in [6.45, 7) is 4.67. The lowest BCUT2D eigenvalue weighted by atomic mass is 9.77. The minimum absolute atomic E-state index is 0.649. The Morgan fingerprint density at radius 2 is 2.00 bits per heavy atom. The van der Waals surface area contributed by atoms with Crippen molar-refractivity contribution in [3.8, 4) is 0 Å². The first kappa shape index (κ1) is 10.8. The molecule has 0 bridgehead atoms. The Balaban J connectivity index is 2.16. The van der Waals surface area contributed by atoms with Crippen LogP contribution in [0.15, 0.2) is 42.0 Å². The first-order valence-electron chi connectivity index (χ1n) is 6.74. The maximum atomic E-state index is 2.41. The van der Waals surface area contributed by atoms with Gasteiger partial charge in [-0.3, -0.25) is 0 Å². The molecule has 2 aliphatic rings. The summed E-state index contributed by atoms with van der Waals surface area (Å²) in [6, 6.07) is 8.98. The fourth-order valence-corrected chi connectivity index (χ4v) is 3.36. The molecule has 0 amide bonds. The standard InChI is InChI=1S/C17H20/c1-12-6-5-8-14-7-3-4-9-16(14)17-13(2)10-11-15(12)17/h3-4,7,9-12,15H,5-6,8H2,1-2H3. The number of rotatable bonds is 0. The molecule has 0 heteroatoms. The quantitative estimate of drug-likeness (QED) is 0.603. The number of hydrogen-bond acceptors (Lipinski definition) is 0. The van der Waals surface area contributed by atoms with Crippen molar-refractivity contribution >= 4 is 5.57 Å². The largest absolute Gasteiger partial charge is 0.0764 e. The Morgan fingerprint density at radius 3 is 2.88 bits per heavy atom. The van der Waals surface area contributed by atoms with E-state index >= 15 is 0 Å². The molecule has 0 aromatic heterocycles. The normalized spacial score (nSPS) is 27.4. The van der Waals surface area contributed by atoms with E-state index in [0.29, 0.717) is 5.92 Å². The number of fused-ring (bicyclic) bond motifs is 3. The van der Waals surface area contributed by atoms with Gasteiger partial charge in [-0.2, -0.15) is 0 Å². The van der Waals surface area contributed by atoms with Crippen LogP contribution in [0.3, 0.4) is 0 Å². The van der Waals surface area contributed by atoms with Crippen LogP contribution < -0.4 is 0 Å². The molecular formula is C17H20. The molecule has 88 valence electrons. The van der Waals surface area contributed by atoms with Gasteiger partial charge in [-0.15, -0.1) is 0 Å². The van der Waals surface area contributed by atoms with E-state index in [1.807, 2.05) is 0 Å². The van der Waals surface area contributed by atoms with Crippen LogP contribution in [0.25, 0.3) is 5.57 Å². The molecule has 3 rings (SSSR count). The van der Waals surface area contributed by atoms with Gasteiger partial charge in [0.15, 0.2) is 0 Å². The minimum Gasteiger partial charge on any atom is -0.0764 e. The summed E-state index contributed by atoms with van der Waals surface area (Å²) in [6.07, 6.45) is 8.65. The maximum absolute atomic E-state index is 2.41. The number of benzene rings is 1. The Kier molecular flexibility index (Phi) is 2.66. The molecule has 0 spiro atoms. The lowest BCUT2D eigenvalue weighted by molar-refractivity contribution is 0.451. The highest BCUT2D eigenvalue weighted by Gasteiger charge is 2.27. The number of aryl methyl sites for hydroxylation is 1. The zero-order valence-corrected chi connectivity index (χ0v) is 10.7. The van der Waals surface area contributed by atoms with E-state index in [-0.39, 0.29) is 0 Å². The van der Waals surface area contributed by atoms with Gasteiger partial charge in [-0.05, 0) is 54.4 Å². The van der Waals surface area contributed by atoms with Crippen molar-refractivity contribution < 1.29 is 0 Å². The third-order valence-corrected chi connectivity index (χ3v) is 4.34. The summed E-state index contributed by atoms with van der Waals surface area (Å²) >= 11 is 0. The van der Waals surface area contributed by atoms with Crippen LogP contribution in [0.1, 0.15) is 37.8 Å². The third-order valence-electron chi connectivity index (χ3n) is 4.34. The number of allylic oxidation sites excluding steroid dienone is 4. The molecule has 0 aliphatic heterocycles. The molecule has 17 heavy (non-hydrogen) atoms. The molecule has 0 N–H and O–H groups in total. The predicted octanol–water partition coefficient (Wildman–Crippen LogP) is 4.62. The van der Waals surface area contributed by atoms with E-state index in [1.54, 1.807) is 11.1 Å². The van der Waals surface area contributed by atoms with Gasteiger partial charge in [0.05, 0.1) is 0 Å². The third kappa shape index (κ3) is 1.76. The van der Waals surface area contributed by atoms with Crippen molar-refractivity contribution in [3.63, 3.8) is 0 Å². The van der Waals surface area contributed by atoms with Crippen molar-refractivity contribution in [3.05, 3.63) is 53.1 Å². The molecular weight excluding hydrogens is 204 g/mol. The van der Waals surface area contributed by atoms with Gasteiger partial charge in [0.25, 0.3) is 0 Å². The first-order chi connectivity index (χ1) is 8.27. The van der Waals surface area contributed by atoms with Gasteiger partial charge >= 0.3 is 0 Å². The average molecular weight is 224 g/mol. The first-order valence-corrected chi connectivity index (χ1v) is 6.74. The van der Waals surface area contributed by atoms with Crippen LogP contribution in [0.4, 0.5) is 0 Å². The fourth-order valence-electron chi connectivity index (χ4n) is 3.36. The number of hydrogen-bond donors (Lipinski definition) is 0. The van der Waals surface area contributed by atoms with E-state index in [4.69, 9.17) is 0 Å². The Hall–Kier alpha value is -1.30. The summed E-state index contributed by atoms with van der Waals surface area (Å²) in [7, 11) is 0.